The number of carbonyl (C=O) groups is 2. The van der Waals surface area contributed by atoms with Gasteiger partial charge in [-0.25, -0.2) is 4.79 Å². The Bertz CT molecular complexity index is 967. The number of nitrogens with one attached hydrogen (secondary N) is 3. The molecular formula is C22H25N3O3. The maximum Gasteiger partial charge on any atom is 0.315 e. The molecule has 1 atom stereocenters. The van der Waals surface area contributed by atoms with Crippen LogP contribution in [0.25, 0.3) is 11.0 Å². The number of hydrogen-bond acceptors (Lipinski definition) is 3. The lowest BCUT2D eigenvalue weighted by molar-refractivity contribution is -0.115. The number of furan rings is 1. The summed E-state index contributed by atoms with van der Waals surface area (Å²) in [5.74, 6) is 0.383. The molecule has 0 spiro atoms. The van der Waals surface area contributed by atoms with Crippen molar-refractivity contribution in [2.75, 3.05) is 11.9 Å². The third-order valence-corrected chi connectivity index (χ3v) is 4.57. The molecule has 146 valence electrons. The summed E-state index contributed by atoms with van der Waals surface area (Å²) in [6.45, 7) is 7.62. The SMILES string of the molecule is Cc1cc(C)c(NC(=O)CNC(=O)NC(C)c2cc3ccccc3o2)c(C)c1. The first-order valence-corrected chi connectivity index (χ1v) is 9.24. The summed E-state index contributed by atoms with van der Waals surface area (Å²) >= 11 is 0. The molecular weight excluding hydrogens is 354 g/mol. The Morgan fingerprint density at radius 3 is 2.39 bits per heavy atom. The molecule has 6 nitrogen and oxygen atoms in total. The highest BCUT2D eigenvalue weighted by molar-refractivity contribution is 5.95. The third kappa shape index (κ3) is 4.52. The summed E-state index contributed by atoms with van der Waals surface area (Å²) in [7, 11) is 0. The van der Waals surface area contributed by atoms with Crippen LogP contribution in [0, 0.1) is 20.8 Å². The van der Waals surface area contributed by atoms with Crippen LogP contribution in [-0.4, -0.2) is 18.5 Å². The van der Waals surface area contributed by atoms with Gasteiger partial charge in [0.2, 0.25) is 5.91 Å². The van der Waals surface area contributed by atoms with Crippen molar-refractivity contribution in [2.45, 2.75) is 33.7 Å². The van der Waals surface area contributed by atoms with Gasteiger partial charge < -0.3 is 20.4 Å². The van der Waals surface area contributed by atoms with Crippen LogP contribution in [0.4, 0.5) is 10.5 Å². The summed E-state index contributed by atoms with van der Waals surface area (Å²) in [5, 5.41) is 9.21. The van der Waals surface area contributed by atoms with Crippen molar-refractivity contribution in [3.63, 3.8) is 0 Å². The molecule has 1 unspecified atom stereocenters. The number of rotatable bonds is 5. The fourth-order valence-electron chi connectivity index (χ4n) is 3.26. The summed E-state index contributed by atoms with van der Waals surface area (Å²) in [5.41, 5.74) is 4.69. The number of para-hydroxylation sites is 1. The van der Waals surface area contributed by atoms with Crippen LogP contribution in [0.1, 0.15) is 35.4 Å². The summed E-state index contributed by atoms with van der Waals surface area (Å²) in [6, 6.07) is 12.8. The van der Waals surface area contributed by atoms with E-state index in [9.17, 15) is 9.59 Å². The number of urea groups is 1. The van der Waals surface area contributed by atoms with E-state index in [0.29, 0.717) is 5.76 Å². The molecule has 3 aromatic rings. The average Bonchev–Trinajstić information content (AvgIpc) is 3.07. The Morgan fingerprint density at radius 2 is 1.71 bits per heavy atom. The van der Waals surface area contributed by atoms with Gasteiger partial charge in [0.15, 0.2) is 0 Å². The first-order chi connectivity index (χ1) is 13.3. The number of anilines is 1. The maximum absolute atomic E-state index is 12.2. The molecule has 0 radical (unpaired) electrons. The largest absolute Gasteiger partial charge is 0.459 e. The lowest BCUT2D eigenvalue weighted by Crippen LogP contribution is -2.41. The first kappa shape index (κ1) is 19.5. The second kappa shape index (κ2) is 8.17. The zero-order valence-electron chi connectivity index (χ0n) is 16.6. The Labute approximate surface area is 164 Å². The lowest BCUT2D eigenvalue weighted by atomic mass is 10.1. The molecule has 0 aliphatic heterocycles. The van der Waals surface area contributed by atoms with Crippen LogP contribution >= 0.6 is 0 Å². The van der Waals surface area contributed by atoms with Crippen LogP contribution in [0.3, 0.4) is 0 Å². The minimum absolute atomic E-state index is 0.120. The van der Waals surface area contributed by atoms with Crippen molar-refractivity contribution in [2.24, 2.45) is 0 Å². The van der Waals surface area contributed by atoms with Crippen molar-refractivity contribution in [3.8, 4) is 0 Å². The highest BCUT2D eigenvalue weighted by Gasteiger charge is 2.15. The number of carbonyl (C=O) groups excluding carboxylic acids is 2. The first-order valence-electron chi connectivity index (χ1n) is 9.24. The summed E-state index contributed by atoms with van der Waals surface area (Å²) < 4.78 is 5.75. The molecule has 0 aliphatic carbocycles. The van der Waals surface area contributed by atoms with E-state index in [1.165, 1.54) is 0 Å². The van der Waals surface area contributed by atoms with Gasteiger partial charge in [-0.05, 0) is 51.0 Å². The smallest absolute Gasteiger partial charge is 0.315 e. The van der Waals surface area contributed by atoms with Gasteiger partial charge >= 0.3 is 6.03 Å². The quantitative estimate of drug-likeness (QED) is 0.616. The molecule has 0 aliphatic rings. The fourth-order valence-corrected chi connectivity index (χ4v) is 3.26. The Morgan fingerprint density at radius 1 is 1.04 bits per heavy atom. The second-order valence-corrected chi connectivity index (χ2v) is 7.06. The van der Waals surface area contributed by atoms with Crippen molar-refractivity contribution >= 4 is 28.6 Å². The zero-order chi connectivity index (χ0) is 20.3. The van der Waals surface area contributed by atoms with Crippen molar-refractivity contribution < 1.29 is 14.0 Å². The molecule has 6 heteroatoms. The van der Waals surface area contributed by atoms with Gasteiger partial charge in [-0.2, -0.15) is 0 Å². The highest BCUT2D eigenvalue weighted by Crippen LogP contribution is 2.23. The van der Waals surface area contributed by atoms with E-state index in [2.05, 4.69) is 16.0 Å². The van der Waals surface area contributed by atoms with E-state index >= 15 is 0 Å². The van der Waals surface area contributed by atoms with Crippen LogP contribution in [0.5, 0.6) is 0 Å². The number of fused-ring (bicyclic) bond motifs is 1. The summed E-state index contributed by atoms with van der Waals surface area (Å²) in [4.78, 5) is 24.3. The second-order valence-electron chi connectivity index (χ2n) is 7.06. The normalized spacial score (nSPS) is 11.9. The monoisotopic (exact) mass is 379 g/mol. The van der Waals surface area contributed by atoms with Gasteiger partial charge in [-0.3, -0.25) is 4.79 Å². The molecule has 0 saturated carbocycles. The van der Waals surface area contributed by atoms with E-state index in [1.54, 1.807) is 0 Å². The highest BCUT2D eigenvalue weighted by atomic mass is 16.3. The van der Waals surface area contributed by atoms with E-state index in [-0.39, 0.29) is 18.5 Å². The van der Waals surface area contributed by atoms with Crippen molar-refractivity contribution in [3.05, 3.63) is 64.9 Å². The van der Waals surface area contributed by atoms with Crippen LogP contribution in [0.15, 0.2) is 46.9 Å². The molecule has 0 saturated heterocycles. The number of amides is 3. The van der Waals surface area contributed by atoms with Crippen LogP contribution in [0.2, 0.25) is 0 Å². The number of benzene rings is 2. The molecule has 28 heavy (non-hydrogen) atoms. The lowest BCUT2D eigenvalue weighted by Gasteiger charge is -2.14. The Balaban J connectivity index is 1.53. The van der Waals surface area contributed by atoms with E-state index < -0.39 is 6.03 Å². The molecule has 3 rings (SSSR count). The van der Waals surface area contributed by atoms with Crippen LogP contribution in [-0.2, 0) is 4.79 Å². The van der Waals surface area contributed by atoms with E-state index in [4.69, 9.17) is 4.42 Å². The minimum Gasteiger partial charge on any atom is -0.459 e. The third-order valence-electron chi connectivity index (χ3n) is 4.57. The van der Waals surface area contributed by atoms with Gasteiger partial charge in [0, 0.05) is 11.1 Å². The van der Waals surface area contributed by atoms with Crippen LogP contribution < -0.4 is 16.0 Å². The zero-order valence-corrected chi connectivity index (χ0v) is 16.6. The van der Waals surface area contributed by atoms with E-state index in [1.807, 2.05) is 70.2 Å². The number of hydrogen-bond donors (Lipinski definition) is 3. The summed E-state index contributed by atoms with van der Waals surface area (Å²) in [6.07, 6.45) is 0. The van der Waals surface area contributed by atoms with Gasteiger partial charge in [-0.1, -0.05) is 35.9 Å². The standard InChI is InChI=1S/C22H25N3O3/c1-13-9-14(2)21(15(3)10-13)25-20(26)12-23-22(27)24-16(4)19-11-17-7-5-6-8-18(17)28-19/h5-11,16H,12H2,1-4H3,(H,25,26)(H2,23,24,27). The Hall–Kier alpha value is -3.28. The van der Waals surface area contributed by atoms with Gasteiger partial charge in [0.1, 0.15) is 11.3 Å². The molecule has 0 fully saturated rings. The van der Waals surface area contributed by atoms with Gasteiger partial charge in [0.05, 0.1) is 12.6 Å². The van der Waals surface area contributed by atoms with Crippen molar-refractivity contribution in [1.29, 1.82) is 0 Å². The Kier molecular flexibility index (Phi) is 5.68. The maximum atomic E-state index is 12.2. The molecule has 3 N–H and O–H groups in total. The predicted octanol–water partition coefficient (Wildman–Crippen LogP) is 4.36. The molecule has 2 aromatic carbocycles. The predicted molar refractivity (Wildman–Crippen MR) is 110 cm³/mol. The van der Waals surface area contributed by atoms with E-state index in [0.717, 1.165) is 33.3 Å². The fraction of sp³-hybridized carbons (Fsp3) is 0.273. The molecule has 1 aromatic heterocycles. The number of aryl methyl sites for hydroxylation is 3. The molecule has 3 amide bonds. The van der Waals surface area contributed by atoms with Gasteiger partial charge in [0.25, 0.3) is 0 Å². The molecule has 0 bridgehead atoms. The van der Waals surface area contributed by atoms with Gasteiger partial charge in [-0.15, -0.1) is 0 Å². The molecule has 1 heterocycles. The minimum atomic E-state index is -0.430. The van der Waals surface area contributed by atoms with Crippen molar-refractivity contribution in [1.82, 2.24) is 10.6 Å². The average molecular weight is 379 g/mol. The topological polar surface area (TPSA) is 83.4 Å².